The highest BCUT2D eigenvalue weighted by molar-refractivity contribution is 5.98. The van der Waals surface area contributed by atoms with E-state index < -0.39 is 0 Å². The fraction of sp³-hybridized carbons (Fsp3) is 0.588. The van der Waals surface area contributed by atoms with Gasteiger partial charge in [0.05, 0.1) is 18.8 Å². The maximum absolute atomic E-state index is 12.2. The van der Waals surface area contributed by atoms with E-state index in [-0.39, 0.29) is 11.9 Å². The SMILES string of the molecule is CCN(CC)CCNCC(=O)c1ccc2c(c1)NCC(C)O2. The van der Waals surface area contributed by atoms with Crippen LogP contribution in [0.2, 0.25) is 0 Å². The van der Waals surface area contributed by atoms with Crippen molar-refractivity contribution in [2.75, 3.05) is 44.6 Å². The number of carbonyl (C=O) groups is 1. The van der Waals surface area contributed by atoms with Crippen LogP contribution in [0.25, 0.3) is 0 Å². The molecule has 5 nitrogen and oxygen atoms in total. The van der Waals surface area contributed by atoms with Gasteiger partial charge in [-0.1, -0.05) is 13.8 Å². The summed E-state index contributed by atoms with van der Waals surface area (Å²) in [5, 5.41) is 6.53. The quantitative estimate of drug-likeness (QED) is 0.568. The van der Waals surface area contributed by atoms with Gasteiger partial charge in [0.2, 0.25) is 0 Å². The molecule has 1 atom stereocenters. The van der Waals surface area contributed by atoms with Gasteiger partial charge in [0.15, 0.2) is 5.78 Å². The second-order valence-corrected chi connectivity index (χ2v) is 5.65. The molecule has 1 unspecified atom stereocenters. The highest BCUT2D eigenvalue weighted by Crippen LogP contribution is 2.29. The first-order valence-electron chi connectivity index (χ1n) is 8.14. The van der Waals surface area contributed by atoms with Crippen LogP contribution in [0.4, 0.5) is 5.69 Å². The molecule has 0 spiro atoms. The molecule has 1 aliphatic rings. The Balaban J connectivity index is 1.83. The van der Waals surface area contributed by atoms with Crippen molar-refractivity contribution in [3.63, 3.8) is 0 Å². The predicted molar refractivity (Wildman–Crippen MR) is 90.0 cm³/mol. The molecule has 2 N–H and O–H groups in total. The maximum atomic E-state index is 12.2. The fourth-order valence-electron chi connectivity index (χ4n) is 2.54. The Hall–Kier alpha value is -1.59. The molecule has 0 aliphatic carbocycles. The van der Waals surface area contributed by atoms with Crippen molar-refractivity contribution in [2.45, 2.75) is 26.9 Å². The summed E-state index contributed by atoms with van der Waals surface area (Å²) in [6, 6.07) is 5.60. The average molecular weight is 305 g/mol. The molecule has 0 radical (unpaired) electrons. The minimum atomic E-state index is 0.114. The summed E-state index contributed by atoms with van der Waals surface area (Å²) in [5.74, 6) is 0.938. The molecule has 5 heteroatoms. The number of rotatable bonds is 8. The van der Waals surface area contributed by atoms with E-state index in [0.29, 0.717) is 6.54 Å². The third-order valence-electron chi connectivity index (χ3n) is 3.99. The van der Waals surface area contributed by atoms with Gasteiger partial charge in [-0.15, -0.1) is 0 Å². The summed E-state index contributed by atoms with van der Waals surface area (Å²) in [5.41, 5.74) is 1.63. The summed E-state index contributed by atoms with van der Waals surface area (Å²) < 4.78 is 5.72. The van der Waals surface area contributed by atoms with Crippen molar-refractivity contribution in [1.29, 1.82) is 0 Å². The number of ether oxygens (including phenoxy) is 1. The number of fused-ring (bicyclic) bond motifs is 1. The Morgan fingerprint density at radius 1 is 1.41 bits per heavy atom. The van der Waals surface area contributed by atoms with Gasteiger partial charge in [0.1, 0.15) is 11.9 Å². The number of Topliss-reactive ketones (excluding diaryl/α,β-unsaturated/α-hetero) is 1. The largest absolute Gasteiger partial charge is 0.487 e. The Kier molecular flexibility index (Phi) is 6.21. The normalized spacial score (nSPS) is 16.8. The molecule has 1 heterocycles. The van der Waals surface area contributed by atoms with Crippen LogP contribution in [0.5, 0.6) is 5.75 Å². The van der Waals surface area contributed by atoms with Crippen LogP contribution in [0.1, 0.15) is 31.1 Å². The van der Waals surface area contributed by atoms with Crippen LogP contribution in [0, 0.1) is 0 Å². The first kappa shape index (κ1) is 16.8. The lowest BCUT2D eigenvalue weighted by Gasteiger charge is -2.25. The molecule has 1 aromatic carbocycles. The Bertz CT molecular complexity index is 501. The second kappa shape index (κ2) is 8.15. The van der Waals surface area contributed by atoms with Gasteiger partial charge >= 0.3 is 0 Å². The third kappa shape index (κ3) is 4.45. The lowest BCUT2D eigenvalue weighted by atomic mass is 10.1. The molecule has 1 aliphatic heterocycles. The summed E-state index contributed by atoms with van der Waals surface area (Å²) >= 11 is 0. The van der Waals surface area contributed by atoms with Gasteiger partial charge in [-0.2, -0.15) is 0 Å². The number of hydrogen-bond donors (Lipinski definition) is 2. The van der Waals surface area contributed by atoms with Gasteiger partial charge in [-0.05, 0) is 38.2 Å². The van der Waals surface area contributed by atoms with Gasteiger partial charge in [0, 0.05) is 18.7 Å². The average Bonchev–Trinajstić information content (AvgIpc) is 2.54. The molecule has 0 amide bonds. The molecular formula is C17H27N3O2. The van der Waals surface area contributed by atoms with Crippen LogP contribution in [0.15, 0.2) is 18.2 Å². The zero-order chi connectivity index (χ0) is 15.9. The minimum absolute atomic E-state index is 0.114. The number of nitrogens with one attached hydrogen (secondary N) is 2. The second-order valence-electron chi connectivity index (χ2n) is 5.65. The smallest absolute Gasteiger partial charge is 0.176 e. The number of carbonyl (C=O) groups excluding carboxylic acids is 1. The lowest BCUT2D eigenvalue weighted by Crippen LogP contribution is -2.34. The van der Waals surface area contributed by atoms with Crippen molar-refractivity contribution in [3.05, 3.63) is 23.8 Å². The molecule has 2 rings (SSSR count). The number of nitrogens with zero attached hydrogens (tertiary/aromatic N) is 1. The van der Waals surface area contributed by atoms with Crippen LogP contribution in [-0.4, -0.2) is 56.1 Å². The van der Waals surface area contributed by atoms with E-state index >= 15 is 0 Å². The van der Waals surface area contributed by atoms with Crippen LogP contribution >= 0.6 is 0 Å². The van der Waals surface area contributed by atoms with E-state index in [1.54, 1.807) is 0 Å². The van der Waals surface area contributed by atoms with Crippen molar-refractivity contribution < 1.29 is 9.53 Å². The minimum Gasteiger partial charge on any atom is -0.487 e. The molecule has 0 fully saturated rings. The highest BCUT2D eigenvalue weighted by Gasteiger charge is 2.17. The summed E-state index contributed by atoms with van der Waals surface area (Å²) in [7, 11) is 0. The van der Waals surface area contributed by atoms with Crippen LogP contribution < -0.4 is 15.4 Å². The van der Waals surface area contributed by atoms with E-state index in [4.69, 9.17) is 4.74 Å². The first-order chi connectivity index (χ1) is 10.6. The summed E-state index contributed by atoms with van der Waals surface area (Å²) in [4.78, 5) is 14.6. The van der Waals surface area contributed by atoms with E-state index in [9.17, 15) is 4.79 Å². The number of anilines is 1. The molecular weight excluding hydrogens is 278 g/mol. The van der Waals surface area contributed by atoms with Crippen molar-refractivity contribution >= 4 is 11.5 Å². The topological polar surface area (TPSA) is 53.6 Å². The van der Waals surface area contributed by atoms with Crippen molar-refractivity contribution in [1.82, 2.24) is 10.2 Å². The zero-order valence-corrected chi connectivity index (χ0v) is 13.8. The van der Waals surface area contributed by atoms with E-state index in [1.807, 2.05) is 25.1 Å². The number of likely N-dealkylation sites (N-methyl/N-ethyl adjacent to an activating group) is 1. The monoisotopic (exact) mass is 305 g/mol. The Morgan fingerprint density at radius 2 is 2.18 bits per heavy atom. The molecule has 122 valence electrons. The van der Waals surface area contributed by atoms with E-state index in [2.05, 4.69) is 29.4 Å². The standard InChI is InChI=1S/C17H27N3O2/c1-4-20(5-2)9-8-18-12-16(21)14-6-7-17-15(10-14)19-11-13(3)22-17/h6-7,10,13,18-19H,4-5,8-9,11-12H2,1-3H3. The number of hydrogen-bond acceptors (Lipinski definition) is 5. The molecule has 0 aromatic heterocycles. The third-order valence-corrected chi connectivity index (χ3v) is 3.99. The van der Waals surface area contributed by atoms with Gasteiger partial charge in [-0.3, -0.25) is 4.79 Å². The van der Waals surface area contributed by atoms with Crippen molar-refractivity contribution in [2.24, 2.45) is 0 Å². The number of benzene rings is 1. The van der Waals surface area contributed by atoms with Crippen LogP contribution in [-0.2, 0) is 0 Å². The molecule has 0 bridgehead atoms. The summed E-state index contributed by atoms with van der Waals surface area (Å²) in [6.45, 7) is 11.4. The molecule has 0 saturated carbocycles. The first-order valence-corrected chi connectivity index (χ1v) is 8.14. The molecule has 1 aromatic rings. The zero-order valence-electron chi connectivity index (χ0n) is 13.8. The Labute approximate surface area is 133 Å². The fourth-order valence-corrected chi connectivity index (χ4v) is 2.54. The Morgan fingerprint density at radius 3 is 2.91 bits per heavy atom. The number of ketones is 1. The van der Waals surface area contributed by atoms with Crippen LogP contribution in [0.3, 0.4) is 0 Å². The summed E-state index contributed by atoms with van der Waals surface area (Å²) in [6.07, 6.45) is 0.163. The van der Waals surface area contributed by atoms with Crippen molar-refractivity contribution in [3.8, 4) is 5.75 Å². The lowest BCUT2D eigenvalue weighted by molar-refractivity contribution is 0.0990. The van der Waals surface area contributed by atoms with Gasteiger partial charge in [0.25, 0.3) is 0 Å². The highest BCUT2D eigenvalue weighted by atomic mass is 16.5. The predicted octanol–water partition coefficient (Wildman–Crippen LogP) is 1.99. The van der Waals surface area contributed by atoms with E-state index in [0.717, 1.165) is 49.7 Å². The van der Waals surface area contributed by atoms with Gasteiger partial charge < -0.3 is 20.3 Å². The van der Waals surface area contributed by atoms with E-state index in [1.165, 1.54) is 0 Å². The maximum Gasteiger partial charge on any atom is 0.176 e. The molecule has 0 saturated heterocycles. The van der Waals surface area contributed by atoms with Gasteiger partial charge in [-0.25, -0.2) is 0 Å². The molecule has 22 heavy (non-hydrogen) atoms.